The first-order chi connectivity index (χ1) is 7.36. The zero-order valence-electron chi connectivity index (χ0n) is 9.13. The molecule has 0 radical (unpaired) electrons. The molecule has 0 aromatic rings. The Hall–Kier alpha value is -0.610. The standard InChI is InChI=1S/C11H20N2O2/c14-11(10-5-1-2-6-12-10)13-8-9-4-3-7-15-9/h9-10,12H,1-8H2,(H,13,14)/t9-,10+/m0/s1. The van der Waals surface area contributed by atoms with Gasteiger partial charge in [0, 0.05) is 13.2 Å². The van der Waals surface area contributed by atoms with Gasteiger partial charge in [-0.3, -0.25) is 4.79 Å². The number of rotatable bonds is 3. The van der Waals surface area contributed by atoms with Crippen molar-refractivity contribution in [3.8, 4) is 0 Å². The van der Waals surface area contributed by atoms with Crippen molar-refractivity contribution in [2.24, 2.45) is 0 Å². The van der Waals surface area contributed by atoms with Gasteiger partial charge in [0.2, 0.25) is 5.91 Å². The molecule has 0 saturated carbocycles. The van der Waals surface area contributed by atoms with E-state index in [1.165, 1.54) is 6.42 Å². The van der Waals surface area contributed by atoms with E-state index in [0.29, 0.717) is 6.54 Å². The molecule has 2 aliphatic rings. The van der Waals surface area contributed by atoms with Crippen molar-refractivity contribution in [3.63, 3.8) is 0 Å². The van der Waals surface area contributed by atoms with Gasteiger partial charge in [0.05, 0.1) is 12.1 Å². The molecular weight excluding hydrogens is 192 g/mol. The van der Waals surface area contributed by atoms with Crippen molar-refractivity contribution in [1.29, 1.82) is 0 Å². The van der Waals surface area contributed by atoms with Crippen molar-refractivity contribution in [2.45, 2.75) is 44.2 Å². The van der Waals surface area contributed by atoms with E-state index in [1.807, 2.05) is 0 Å². The van der Waals surface area contributed by atoms with Gasteiger partial charge in [0.25, 0.3) is 0 Å². The maximum atomic E-state index is 11.7. The number of hydrogen-bond donors (Lipinski definition) is 2. The van der Waals surface area contributed by atoms with Gasteiger partial charge in [-0.2, -0.15) is 0 Å². The highest BCUT2D eigenvalue weighted by Crippen LogP contribution is 2.11. The molecule has 2 aliphatic heterocycles. The van der Waals surface area contributed by atoms with E-state index in [1.54, 1.807) is 0 Å². The third kappa shape index (κ3) is 3.18. The van der Waals surface area contributed by atoms with E-state index in [4.69, 9.17) is 4.74 Å². The molecule has 86 valence electrons. The smallest absolute Gasteiger partial charge is 0.237 e. The molecule has 1 amide bonds. The Morgan fingerprint density at radius 2 is 2.27 bits per heavy atom. The molecule has 0 aliphatic carbocycles. The van der Waals surface area contributed by atoms with Gasteiger partial charge in [-0.05, 0) is 32.2 Å². The molecule has 0 unspecified atom stereocenters. The van der Waals surface area contributed by atoms with E-state index in [0.717, 1.165) is 38.8 Å². The summed E-state index contributed by atoms with van der Waals surface area (Å²) >= 11 is 0. The summed E-state index contributed by atoms with van der Waals surface area (Å²) < 4.78 is 5.46. The van der Waals surface area contributed by atoms with Gasteiger partial charge in [0.15, 0.2) is 0 Å². The summed E-state index contributed by atoms with van der Waals surface area (Å²) in [6.07, 6.45) is 5.77. The minimum absolute atomic E-state index is 0.0279. The highest BCUT2D eigenvalue weighted by molar-refractivity contribution is 5.81. The van der Waals surface area contributed by atoms with E-state index >= 15 is 0 Å². The zero-order valence-corrected chi connectivity index (χ0v) is 9.13. The third-order valence-electron chi connectivity index (χ3n) is 3.15. The summed E-state index contributed by atoms with van der Waals surface area (Å²) in [6, 6.07) is 0.0279. The van der Waals surface area contributed by atoms with E-state index in [2.05, 4.69) is 10.6 Å². The maximum absolute atomic E-state index is 11.7. The molecular formula is C11H20N2O2. The Bertz CT molecular complexity index is 209. The second-order valence-electron chi connectivity index (χ2n) is 4.38. The van der Waals surface area contributed by atoms with Crippen molar-refractivity contribution < 1.29 is 9.53 Å². The lowest BCUT2D eigenvalue weighted by atomic mass is 10.0. The van der Waals surface area contributed by atoms with Crippen molar-refractivity contribution >= 4 is 5.91 Å². The number of piperidine rings is 1. The molecule has 4 nitrogen and oxygen atoms in total. The topological polar surface area (TPSA) is 50.4 Å². The average molecular weight is 212 g/mol. The van der Waals surface area contributed by atoms with Crippen LogP contribution in [0.15, 0.2) is 0 Å². The number of hydrogen-bond acceptors (Lipinski definition) is 3. The highest BCUT2D eigenvalue weighted by atomic mass is 16.5. The molecule has 2 N–H and O–H groups in total. The molecule has 2 fully saturated rings. The Morgan fingerprint density at radius 1 is 1.33 bits per heavy atom. The molecule has 0 bridgehead atoms. The minimum Gasteiger partial charge on any atom is -0.376 e. The summed E-state index contributed by atoms with van der Waals surface area (Å²) in [7, 11) is 0. The molecule has 2 saturated heterocycles. The van der Waals surface area contributed by atoms with Crippen molar-refractivity contribution in [1.82, 2.24) is 10.6 Å². The van der Waals surface area contributed by atoms with Crippen LogP contribution >= 0.6 is 0 Å². The van der Waals surface area contributed by atoms with E-state index < -0.39 is 0 Å². The fourth-order valence-electron chi connectivity index (χ4n) is 2.22. The van der Waals surface area contributed by atoms with Crippen LogP contribution in [-0.2, 0) is 9.53 Å². The second-order valence-corrected chi connectivity index (χ2v) is 4.38. The number of carbonyl (C=O) groups excluding carboxylic acids is 1. The van der Waals surface area contributed by atoms with Gasteiger partial charge in [-0.1, -0.05) is 6.42 Å². The first kappa shape index (κ1) is 10.9. The number of carbonyl (C=O) groups is 1. The fourth-order valence-corrected chi connectivity index (χ4v) is 2.22. The quantitative estimate of drug-likeness (QED) is 0.713. The first-order valence-corrected chi connectivity index (χ1v) is 5.99. The maximum Gasteiger partial charge on any atom is 0.237 e. The summed E-state index contributed by atoms with van der Waals surface area (Å²) in [5.74, 6) is 0.144. The molecule has 0 aromatic carbocycles. The Balaban J connectivity index is 1.66. The van der Waals surface area contributed by atoms with Gasteiger partial charge < -0.3 is 15.4 Å². The van der Waals surface area contributed by atoms with Crippen LogP contribution in [0.4, 0.5) is 0 Å². The Kier molecular flexibility index (Phi) is 3.97. The van der Waals surface area contributed by atoms with Crippen LogP contribution in [0.5, 0.6) is 0 Å². The lowest BCUT2D eigenvalue weighted by Gasteiger charge is -2.23. The second kappa shape index (κ2) is 5.47. The van der Waals surface area contributed by atoms with Crippen LogP contribution in [-0.4, -0.2) is 37.7 Å². The Labute approximate surface area is 90.8 Å². The fraction of sp³-hybridized carbons (Fsp3) is 0.909. The van der Waals surface area contributed by atoms with Crippen LogP contribution in [0.3, 0.4) is 0 Å². The molecule has 4 heteroatoms. The van der Waals surface area contributed by atoms with Gasteiger partial charge in [-0.25, -0.2) is 0 Å². The summed E-state index contributed by atoms with van der Waals surface area (Å²) in [4.78, 5) is 11.7. The number of amides is 1. The minimum atomic E-state index is 0.0279. The summed E-state index contributed by atoms with van der Waals surface area (Å²) in [5, 5.41) is 6.21. The molecule has 2 atom stereocenters. The van der Waals surface area contributed by atoms with Crippen LogP contribution in [0.1, 0.15) is 32.1 Å². The molecule has 15 heavy (non-hydrogen) atoms. The van der Waals surface area contributed by atoms with E-state index in [9.17, 15) is 4.79 Å². The van der Waals surface area contributed by atoms with Gasteiger partial charge in [0.1, 0.15) is 0 Å². The first-order valence-electron chi connectivity index (χ1n) is 5.99. The third-order valence-corrected chi connectivity index (χ3v) is 3.15. The lowest BCUT2D eigenvalue weighted by Crippen LogP contribution is -2.48. The van der Waals surface area contributed by atoms with Crippen LogP contribution in [0.2, 0.25) is 0 Å². The van der Waals surface area contributed by atoms with Gasteiger partial charge >= 0.3 is 0 Å². The van der Waals surface area contributed by atoms with Crippen LogP contribution in [0.25, 0.3) is 0 Å². The monoisotopic (exact) mass is 212 g/mol. The molecule has 2 rings (SSSR count). The molecule has 2 heterocycles. The SMILES string of the molecule is O=C(NC[C@@H]1CCCO1)[C@H]1CCCCN1. The average Bonchev–Trinajstić information content (AvgIpc) is 2.80. The molecule has 0 spiro atoms. The van der Waals surface area contributed by atoms with Crippen molar-refractivity contribution in [2.75, 3.05) is 19.7 Å². The largest absolute Gasteiger partial charge is 0.376 e. The van der Waals surface area contributed by atoms with Gasteiger partial charge in [-0.15, -0.1) is 0 Å². The van der Waals surface area contributed by atoms with Crippen LogP contribution < -0.4 is 10.6 Å². The lowest BCUT2D eigenvalue weighted by molar-refractivity contribution is -0.124. The highest BCUT2D eigenvalue weighted by Gasteiger charge is 2.22. The molecule has 0 aromatic heterocycles. The van der Waals surface area contributed by atoms with Crippen molar-refractivity contribution in [3.05, 3.63) is 0 Å². The zero-order chi connectivity index (χ0) is 10.5. The number of ether oxygens (including phenoxy) is 1. The predicted molar refractivity (Wildman–Crippen MR) is 57.6 cm³/mol. The predicted octanol–water partition coefficient (Wildman–Crippen LogP) is 0.424. The number of nitrogens with one attached hydrogen (secondary N) is 2. The summed E-state index contributed by atoms with van der Waals surface area (Å²) in [6.45, 7) is 2.50. The Morgan fingerprint density at radius 3 is 2.93 bits per heavy atom. The summed E-state index contributed by atoms with van der Waals surface area (Å²) in [5.41, 5.74) is 0. The van der Waals surface area contributed by atoms with E-state index in [-0.39, 0.29) is 18.1 Å². The van der Waals surface area contributed by atoms with Crippen LogP contribution in [0, 0.1) is 0 Å². The normalized spacial score (nSPS) is 31.5.